The fraction of sp³-hybridized carbons (Fsp3) is 0.500. The van der Waals surface area contributed by atoms with Crippen LogP contribution in [-0.4, -0.2) is 25.6 Å². The monoisotopic (exact) mass is 332 g/mol. The van der Waals surface area contributed by atoms with E-state index in [2.05, 4.69) is 4.72 Å². The molecule has 0 aliphatic rings. The van der Waals surface area contributed by atoms with Gasteiger partial charge in [-0.15, -0.1) is 0 Å². The van der Waals surface area contributed by atoms with Crippen molar-refractivity contribution in [3.05, 3.63) is 29.6 Å². The van der Waals surface area contributed by atoms with Crippen molar-refractivity contribution in [3.8, 4) is 0 Å². The lowest BCUT2D eigenvalue weighted by Gasteiger charge is -2.18. The number of aryl methyl sites for hydroxylation is 1. The molecule has 0 spiro atoms. The number of carbonyl (C=O) groups is 1. The normalized spacial score (nSPS) is 13.2. The Balaban J connectivity index is 2.98. The van der Waals surface area contributed by atoms with E-state index in [0.29, 0.717) is 6.42 Å². The van der Waals surface area contributed by atoms with Gasteiger partial charge >= 0.3 is 0 Å². The summed E-state index contributed by atoms with van der Waals surface area (Å²) in [4.78, 5) is 11.5. The van der Waals surface area contributed by atoms with Gasteiger partial charge < -0.3 is 0 Å². The number of hydrogen-bond acceptors (Lipinski definition) is 4. The van der Waals surface area contributed by atoms with E-state index in [9.17, 15) is 17.6 Å². The number of hydroxylamine groups is 1. The van der Waals surface area contributed by atoms with Crippen LogP contribution < -0.4 is 10.2 Å². The molecule has 0 aromatic heterocycles. The Morgan fingerprint density at radius 3 is 2.45 bits per heavy atom. The largest absolute Gasteiger partial charge is 0.289 e. The molecule has 0 aliphatic carbocycles. The van der Waals surface area contributed by atoms with Gasteiger partial charge in [0.1, 0.15) is 11.9 Å². The van der Waals surface area contributed by atoms with Crippen molar-refractivity contribution >= 4 is 15.9 Å². The Labute approximate surface area is 129 Å². The van der Waals surface area contributed by atoms with Crippen molar-refractivity contribution in [2.45, 2.75) is 44.6 Å². The summed E-state index contributed by atoms with van der Waals surface area (Å²) in [6, 6.07) is 2.27. The second-order valence-electron chi connectivity index (χ2n) is 5.53. The Kier molecular flexibility index (Phi) is 6.46. The summed E-state index contributed by atoms with van der Waals surface area (Å²) < 4.78 is 40.0. The third kappa shape index (κ3) is 5.04. The van der Waals surface area contributed by atoms with Gasteiger partial charge in [0.25, 0.3) is 5.91 Å². The average Bonchev–Trinajstić information content (AvgIpc) is 2.45. The molecule has 0 bridgehead atoms. The molecular formula is C14H21FN2O4S. The number of sulfonamides is 1. The first-order chi connectivity index (χ1) is 10.2. The van der Waals surface area contributed by atoms with Crippen LogP contribution in [0.3, 0.4) is 0 Å². The van der Waals surface area contributed by atoms with E-state index in [0.717, 1.165) is 12.1 Å². The Bertz CT molecular complexity index is 632. The maximum absolute atomic E-state index is 13.2. The van der Waals surface area contributed by atoms with Crippen molar-refractivity contribution in [2.75, 3.05) is 0 Å². The lowest BCUT2D eigenvalue weighted by molar-refractivity contribution is -0.131. The van der Waals surface area contributed by atoms with Gasteiger partial charge in [0.15, 0.2) is 0 Å². The SMILES string of the molecule is Cc1cc(S(=O)(=O)NC(CCC(C)C)C(=O)NO)ccc1F. The van der Waals surface area contributed by atoms with Crippen LogP contribution in [0.4, 0.5) is 4.39 Å². The first-order valence-electron chi connectivity index (χ1n) is 6.89. The van der Waals surface area contributed by atoms with Gasteiger partial charge in [0.05, 0.1) is 4.90 Å². The smallest absolute Gasteiger partial charge is 0.261 e. The van der Waals surface area contributed by atoms with Crippen LogP contribution in [0, 0.1) is 18.7 Å². The van der Waals surface area contributed by atoms with Crippen LogP contribution in [0.1, 0.15) is 32.3 Å². The molecular weight excluding hydrogens is 311 g/mol. The molecule has 1 unspecified atom stereocenters. The Hall–Kier alpha value is -1.51. The summed E-state index contributed by atoms with van der Waals surface area (Å²) in [6.07, 6.45) is 0.840. The van der Waals surface area contributed by atoms with Gasteiger partial charge in [-0.2, -0.15) is 4.72 Å². The third-order valence-corrected chi connectivity index (χ3v) is 4.67. The van der Waals surface area contributed by atoms with Crippen molar-refractivity contribution in [1.82, 2.24) is 10.2 Å². The maximum Gasteiger partial charge on any atom is 0.261 e. The average molecular weight is 332 g/mol. The first-order valence-corrected chi connectivity index (χ1v) is 8.38. The molecule has 1 atom stereocenters. The first kappa shape index (κ1) is 18.5. The fourth-order valence-corrected chi connectivity index (χ4v) is 3.18. The summed E-state index contributed by atoms with van der Waals surface area (Å²) in [7, 11) is -3.99. The Morgan fingerprint density at radius 1 is 1.32 bits per heavy atom. The van der Waals surface area contributed by atoms with Crippen LogP contribution in [0.5, 0.6) is 0 Å². The van der Waals surface area contributed by atoms with Crippen LogP contribution in [-0.2, 0) is 14.8 Å². The molecule has 0 saturated heterocycles. The molecule has 1 rings (SSSR count). The topological polar surface area (TPSA) is 95.5 Å². The van der Waals surface area contributed by atoms with Crippen LogP contribution in [0.15, 0.2) is 23.1 Å². The summed E-state index contributed by atoms with van der Waals surface area (Å²) in [5.41, 5.74) is 1.65. The highest BCUT2D eigenvalue weighted by molar-refractivity contribution is 7.89. The molecule has 1 aromatic carbocycles. The minimum Gasteiger partial charge on any atom is -0.289 e. The third-order valence-electron chi connectivity index (χ3n) is 3.20. The predicted octanol–water partition coefficient (Wildman–Crippen LogP) is 1.72. The van der Waals surface area contributed by atoms with Gasteiger partial charge in [-0.25, -0.2) is 18.3 Å². The molecule has 0 radical (unpaired) electrons. The Morgan fingerprint density at radius 2 is 1.95 bits per heavy atom. The van der Waals surface area contributed by atoms with Gasteiger partial charge in [-0.05, 0) is 49.4 Å². The number of amides is 1. The van der Waals surface area contributed by atoms with Crippen molar-refractivity contribution in [1.29, 1.82) is 0 Å². The number of hydrogen-bond donors (Lipinski definition) is 3. The molecule has 1 aromatic rings. The van der Waals surface area contributed by atoms with E-state index >= 15 is 0 Å². The van der Waals surface area contributed by atoms with Crippen molar-refractivity contribution in [2.24, 2.45) is 5.92 Å². The number of carbonyl (C=O) groups excluding carboxylic acids is 1. The molecule has 6 nitrogen and oxygen atoms in total. The quantitative estimate of drug-likeness (QED) is 0.523. The van der Waals surface area contributed by atoms with Gasteiger partial charge in [0, 0.05) is 0 Å². The number of halogens is 1. The van der Waals surface area contributed by atoms with E-state index in [-0.39, 0.29) is 22.8 Å². The summed E-state index contributed by atoms with van der Waals surface area (Å²) in [5, 5.41) is 8.73. The summed E-state index contributed by atoms with van der Waals surface area (Å²) in [5.74, 6) is -1.07. The molecule has 3 N–H and O–H groups in total. The number of nitrogens with one attached hydrogen (secondary N) is 2. The highest BCUT2D eigenvalue weighted by atomic mass is 32.2. The van der Waals surface area contributed by atoms with Gasteiger partial charge in [-0.1, -0.05) is 13.8 Å². The van der Waals surface area contributed by atoms with E-state index in [1.165, 1.54) is 18.5 Å². The van der Waals surface area contributed by atoms with E-state index in [4.69, 9.17) is 5.21 Å². The zero-order valence-corrected chi connectivity index (χ0v) is 13.6. The minimum absolute atomic E-state index is 0.133. The second-order valence-corrected chi connectivity index (χ2v) is 7.25. The molecule has 0 fully saturated rings. The molecule has 8 heteroatoms. The molecule has 0 saturated carbocycles. The van der Waals surface area contributed by atoms with Crippen LogP contribution >= 0.6 is 0 Å². The number of benzene rings is 1. The lowest BCUT2D eigenvalue weighted by atomic mass is 10.0. The molecule has 1 amide bonds. The van der Waals surface area contributed by atoms with Crippen LogP contribution in [0.2, 0.25) is 0 Å². The highest BCUT2D eigenvalue weighted by Gasteiger charge is 2.26. The zero-order valence-electron chi connectivity index (χ0n) is 12.8. The maximum atomic E-state index is 13.2. The fourth-order valence-electron chi connectivity index (χ4n) is 1.86. The standard InChI is InChI=1S/C14H21FN2O4S/c1-9(2)4-7-13(14(18)16-19)17-22(20,21)11-5-6-12(15)10(3)8-11/h5-6,8-9,13,17,19H,4,7H2,1-3H3,(H,16,18). The number of rotatable bonds is 7. The highest BCUT2D eigenvalue weighted by Crippen LogP contribution is 2.16. The molecule has 22 heavy (non-hydrogen) atoms. The second kappa shape index (κ2) is 7.66. The van der Waals surface area contributed by atoms with E-state index in [1.807, 2.05) is 13.8 Å². The lowest BCUT2D eigenvalue weighted by Crippen LogP contribution is -2.45. The van der Waals surface area contributed by atoms with Crippen molar-refractivity contribution < 1.29 is 22.8 Å². The molecule has 0 heterocycles. The van der Waals surface area contributed by atoms with Gasteiger partial charge in [0.2, 0.25) is 10.0 Å². The zero-order chi connectivity index (χ0) is 16.9. The van der Waals surface area contributed by atoms with Crippen molar-refractivity contribution in [3.63, 3.8) is 0 Å². The molecule has 124 valence electrons. The van der Waals surface area contributed by atoms with E-state index in [1.54, 1.807) is 0 Å². The van der Waals surface area contributed by atoms with Gasteiger partial charge in [-0.3, -0.25) is 10.0 Å². The minimum atomic E-state index is -3.99. The van der Waals surface area contributed by atoms with E-state index < -0.39 is 27.8 Å². The predicted molar refractivity (Wildman–Crippen MR) is 79.2 cm³/mol. The van der Waals surface area contributed by atoms with Crippen LogP contribution in [0.25, 0.3) is 0 Å². The summed E-state index contributed by atoms with van der Waals surface area (Å²) >= 11 is 0. The molecule has 0 aliphatic heterocycles. The summed E-state index contributed by atoms with van der Waals surface area (Å²) in [6.45, 7) is 5.32.